The summed E-state index contributed by atoms with van der Waals surface area (Å²) in [5, 5.41) is 54.2. The first-order valence-corrected chi connectivity index (χ1v) is 21.9. The third kappa shape index (κ3) is 25.1. The minimum absolute atomic E-state index is 0.139. The summed E-state index contributed by atoms with van der Waals surface area (Å²) in [5.74, 6) is -0.155. The predicted molar refractivity (Wildman–Crippen MR) is 212 cm³/mol. The number of amides is 1. The van der Waals surface area contributed by atoms with Crippen molar-refractivity contribution in [1.29, 1.82) is 0 Å². The Labute approximate surface area is 318 Å². The molecule has 1 fully saturated rings. The van der Waals surface area contributed by atoms with Gasteiger partial charge in [0.15, 0.2) is 6.29 Å². The van der Waals surface area contributed by atoms with Gasteiger partial charge >= 0.3 is 0 Å². The molecule has 1 saturated heterocycles. The van der Waals surface area contributed by atoms with Crippen LogP contribution in [0.5, 0.6) is 0 Å². The molecule has 308 valence electrons. The zero-order valence-electron chi connectivity index (χ0n) is 33.6. The van der Waals surface area contributed by atoms with Crippen molar-refractivity contribution in [1.82, 2.24) is 5.32 Å². The molecule has 0 spiro atoms. The molecule has 0 saturated carbocycles. The fourth-order valence-electron chi connectivity index (χ4n) is 7.05. The van der Waals surface area contributed by atoms with Gasteiger partial charge in [-0.2, -0.15) is 0 Å². The maximum atomic E-state index is 12.9. The average Bonchev–Trinajstić information content (AvgIpc) is 3.14. The number of ether oxygens (including phenoxy) is 2. The number of aliphatic hydroxyl groups excluding tert-OH is 5. The van der Waals surface area contributed by atoms with Crippen molar-refractivity contribution < 1.29 is 39.8 Å². The van der Waals surface area contributed by atoms with Gasteiger partial charge in [-0.3, -0.25) is 4.79 Å². The Morgan fingerprint density at radius 2 is 1.12 bits per heavy atom. The second-order valence-corrected chi connectivity index (χ2v) is 15.5. The van der Waals surface area contributed by atoms with E-state index in [1.807, 2.05) is 0 Å². The molecule has 1 heterocycles. The van der Waals surface area contributed by atoms with Crippen LogP contribution in [0.15, 0.2) is 12.2 Å². The summed E-state index contributed by atoms with van der Waals surface area (Å²) in [6, 6.07) is -0.717. The minimum atomic E-state index is -1.55. The zero-order valence-corrected chi connectivity index (χ0v) is 33.6. The summed E-state index contributed by atoms with van der Waals surface area (Å²) in [4.78, 5) is 12.9. The standard InChI is InChI=1S/C43H83NO8/c1-3-5-7-9-11-13-15-16-17-18-19-20-21-22-23-24-26-28-30-32-37(46)36(35-51-43-42(50)41(49)40(48)38(34-45)52-43)44-39(47)33-31-29-27-25-14-12-10-8-6-4-2/h8,10,36-38,40-43,45-46,48-50H,3-7,9,11-35H2,1-2H3,(H,44,47)/b10-8-. The second kappa shape index (κ2) is 34.4. The maximum absolute atomic E-state index is 12.9. The van der Waals surface area contributed by atoms with Crippen LogP contribution in [0.2, 0.25) is 0 Å². The van der Waals surface area contributed by atoms with Crippen LogP contribution in [0.25, 0.3) is 0 Å². The number of aliphatic hydroxyl groups is 5. The molecule has 0 aromatic rings. The molecule has 1 aliphatic heterocycles. The van der Waals surface area contributed by atoms with Crippen molar-refractivity contribution >= 4 is 5.91 Å². The van der Waals surface area contributed by atoms with E-state index in [-0.39, 0.29) is 12.5 Å². The number of hydrogen-bond donors (Lipinski definition) is 6. The van der Waals surface area contributed by atoms with Gasteiger partial charge in [-0.1, -0.05) is 174 Å². The van der Waals surface area contributed by atoms with E-state index in [2.05, 4.69) is 31.3 Å². The largest absolute Gasteiger partial charge is 0.394 e. The van der Waals surface area contributed by atoms with Crippen molar-refractivity contribution in [3.63, 3.8) is 0 Å². The molecule has 52 heavy (non-hydrogen) atoms. The monoisotopic (exact) mass is 742 g/mol. The van der Waals surface area contributed by atoms with Crippen LogP contribution in [-0.4, -0.2) is 87.5 Å². The Bertz CT molecular complexity index is 827. The molecular formula is C43H83NO8. The summed E-state index contributed by atoms with van der Waals surface area (Å²) >= 11 is 0. The Hall–Kier alpha value is -1.07. The summed E-state index contributed by atoms with van der Waals surface area (Å²) in [6.07, 6.45) is 30.8. The summed E-state index contributed by atoms with van der Waals surface area (Å²) < 4.78 is 11.2. The minimum Gasteiger partial charge on any atom is -0.394 e. The van der Waals surface area contributed by atoms with Gasteiger partial charge in [0.05, 0.1) is 25.4 Å². The molecule has 0 aromatic heterocycles. The normalized spacial score (nSPS) is 21.9. The number of unbranched alkanes of at least 4 members (excludes halogenated alkanes) is 24. The predicted octanol–water partition coefficient (Wildman–Crippen LogP) is 8.56. The van der Waals surface area contributed by atoms with Crippen molar-refractivity contribution in [2.75, 3.05) is 13.2 Å². The molecule has 7 atom stereocenters. The topological polar surface area (TPSA) is 149 Å². The molecule has 0 aromatic carbocycles. The Morgan fingerprint density at radius 1 is 0.635 bits per heavy atom. The van der Waals surface area contributed by atoms with Crippen LogP contribution in [-0.2, 0) is 14.3 Å². The van der Waals surface area contributed by atoms with Crippen molar-refractivity contribution in [3.8, 4) is 0 Å². The quantitative estimate of drug-likeness (QED) is 0.0277. The van der Waals surface area contributed by atoms with Crippen LogP contribution < -0.4 is 5.32 Å². The molecular weight excluding hydrogens is 658 g/mol. The third-order valence-electron chi connectivity index (χ3n) is 10.6. The van der Waals surface area contributed by atoms with E-state index < -0.39 is 49.5 Å². The highest BCUT2D eigenvalue weighted by atomic mass is 16.7. The second-order valence-electron chi connectivity index (χ2n) is 15.5. The van der Waals surface area contributed by atoms with Gasteiger partial charge in [-0.15, -0.1) is 0 Å². The molecule has 1 rings (SSSR count). The number of allylic oxidation sites excluding steroid dienone is 2. The molecule has 0 aliphatic carbocycles. The molecule has 1 amide bonds. The van der Waals surface area contributed by atoms with Crippen LogP contribution in [0, 0.1) is 0 Å². The lowest BCUT2D eigenvalue weighted by Gasteiger charge is -2.40. The molecule has 7 unspecified atom stereocenters. The number of nitrogens with one attached hydrogen (secondary N) is 1. The highest BCUT2D eigenvalue weighted by Crippen LogP contribution is 2.23. The average molecular weight is 742 g/mol. The number of hydrogen-bond acceptors (Lipinski definition) is 8. The van der Waals surface area contributed by atoms with Crippen molar-refractivity contribution in [2.24, 2.45) is 0 Å². The molecule has 0 radical (unpaired) electrons. The fourth-order valence-corrected chi connectivity index (χ4v) is 7.05. The molecule has 9 heteroatoms. The van der Waals surface area contributed by atoms with E-state index in [1.165, 1.54) is 109 Å². The molecule has 9 nitrogen and oxygen atoms in total. The van der Waals surface area contributed by atoms with E-state index in [1.54, 1.807) is 0 Å². The van der Waals surface area contributed by atoms with Gasteiger partial charge in [-0.05, 0) is 32.1 Å². The first-order chi connectivity index (χ1) is 25.3. The van der Waals surface area contributed by atoms with Gasteiger partial charge in [0, 0.05) is 6.42 Å². The Kier molecular flexibility index (Phi) is 32.4. The highest BCUT2D eigenvalue weighted by molar-refractivity contribution is 5.76. The molecule has 1 aliphatic rings. The van der Waals surface area contributed by atoms with Crippen LogP contribution in [0.3, 0.4) is 0 Å². The van der Waals surface area contributed by atoms with Crippen molar-refractivity contribution in [3.05, 3.63) is 12.2 Å². The lowest BCUT2D eigenvalue weighted by atomic mass is 9.99. The van der Waals surface area contributed by atoms with Gasteiger partial charge in [0.25, 0.3) is 0 Å². The van der Waals surface area contributed by atoms with Gasteiger partial charge in [0.1, 0.15) is 24.4 Å². The third-order valence-corrected chi connectivity index (χ3v) is 10.6. The number of carbonyl (C=O) groups is 1. The fraction of sp³-hybridized carbons (Fsp3) is 0.930. The SMILES string of the molecule is CCC/C=C\CCCCCCCC(=O)NC(COC1OC(CO)C(O)C(O)C1O)C(O)CCCCCCCCCCCCCCCCCCCCC. The van der Waals surface area contributed by atoms with Crippen LogP contribution >= 0.6 is 0 Å². The molecule has 0 bridgehead atoms. The Morgan fingerprint density at radius 3 is 1.63 bits per heavy atom. The smallest absolute Gasteiger partial charge is 0.220 e. The summed E-state index contributed by atoms with van der Waals surface area (Å²) in [7, 11) is 0. The highest BCUT2D eigenvalue weighted by Gasteiger charge is 2.44. The zero-order chi connectivity index (χ0) is 38.1. The van der Waals surface area contributed by atoms with Crippen molar-refractivity contribution in [2.45, 2.75) is 243 Å². The van der Waals surface area contributed by atoms with Gasteiger partial charge < -0.3 is 40.3 Å². The van der Waals surface area contributed by atoms with Gasteiger partial charge in [-0.25, -0.2) is 0 Å². The van der Waals surface area contributed by atoms with E-state index in [0.29, 0.717) is 12.8 Å². The first-order valence-electron chi connectivity index (χ1n) is 21.9. The van der Waals surface area contributed by atoms with E-state index in [9.17, 15) is 30.3 Å². The van der Waals surface area contributed by atoms with E-state index >= 15 is 0 Å². The maximum Gasteiger partial charge on any atom is 0.220 e. The van der Waals surface area contributed by atoms with E-state index in [4.69, 9.17) is 9.47 Å². The van der Waals surface area contributed by atoms with Gasteiger partial charge in [0.2, 0.25) is 5.91 Å². The summed E-state index contributed by atoms with van der Waals surface area (Å²) in [5.41, 5.74) is 0. The van der Waals surface area contributed by atoms with Crippen LogP contribution in [0.4, 0.5) is 0 Å². The molecule has 6 N–H and O–H groups in total. The number of rotatable bonds is 36. The summed E-state index contributed by atoms with van der Waals surface area (Å²) in [6.45, 7) is 3.76. The first kappa shape index (κ1) is 48.9. The van der Waals surface area contributed by atoms with E-state index in [0.717, 1.165) is 64.2 Å². The lowest BCUT2D eigenvalue weighted by molar-refractivity contribution is -0.302. The number of carbonyl (C=O) groups excluding carboxylic acids is 1. The van der Waals surface area contributed by atoms with Crippen LogP contribution in [0.1, 0.15) is 200 Å². The lowest BCUT2D eigenvalue weighted by Crippen LogP contribution is -2.60. The Balaban J connectivity index is 2.31.